The molecule has 1 aliphatic rings. The molecule has 10 heteroatoms. The van der Waals surface area contributed by atoms with E-state index in [1.807, 2.05) is 0 Å². The van der Waals surface area contributed by atoms with Crippen LogP contribution >= 0.6 is 0 Å². The Labute approximate surface area is 152 Å². The van der Waals surface area contributed by atoms with Crippen LogP contribution in [-0.4, -0.2) is 46.1 Å². The highest BCUT2D eigenvalue weighted by Gasteiger charge is 2.64. The molecule has 27 heavy (non-hydrogen) atoms. The van der Waals surface area contributed by atoms with Gasteiger partial charge < -0.3 is 10.0 Å². The fraction of sp³-hybridized carbons (Fsp3) is 0.529. The average Bonchev–Trinajstić information content (AvgIpc) is 2.99. The maximum absolute atomic E-state index is 13.3. The zero-order chi connectivity index (χ0) is 20.8. The Bertz CT molecular complexity index is 801. The predicted molar refractivity (Wildman–Crippen MR) is 88.4 cm³/mol. The summed E-state index contributed by atoms with van der Waals surface area (Å²) in [7, 11) is 0. The molecule has 0 aromatic heterocycles. The summed E-state index contributed by atoms with van der Waals surface area (Å²) < 4.78 is 39.8. The number of alkyl halides is 3. The number of rotatable bonds is 3. The van der Waals surface area contributed by atoms with Crippen molar-refractivity contribution < 1.29 is 32.8 Å². The second-order valence-corrected chi connectivity index (χ2v) is 7.60. The van der Waals surface area contributed by atoms with Gasteiger partial charge >= 0.3 is 12.1 Å². The fourth-order valence-corrected chi connectivity index (χ4v) is 3.14. The smallest absolute Gasteiger partial charge is 0.406 e. The molecule has 1 unspecified atom stereocenters. The summed E-state index contributed by atoms with van der Waals surface area (Å²) in [6, 6.07) is 3.73. The zero-order valence-electron chi connectivity index (χ0n) is 15.0. The highest BCUT2D eigenvalue weighted by Crippen LogP contribution is 2.46. The molecule has 1 fully saturated rings. The maximum Gasteiger partial charge on any atom is 0.406 e. The van der Waals surface area contributed by atoms with E-state index in [1.54, 1.807) is 20.8 Å². The first-order valence-corrected chi connectivity index (χ1v) is 8.09. The highest BCUT2D eigenvalue weighted by atomic mass is 19.4. The minimum atomic E-state index is -5.02. The summed E-state index contributed by atoms with van der Waals surface area (Å²) in [4.78, 5) is 35.3. The van der Waals surface area contributed by atoms with Crippen molar-refractivity contribution in [2.24, 2.45) is 5.41 Å². The van der Waals surface area contributed by atoms with Gasteiger partial charge in [0.05, 0.1) is 4.92 Å². The molecule has 0 aliphatic carbocycles. The second kappa shape index (κ2) is 6.50. The number of likely N-dealkylation sites (tertiary alicyclic amines) is 1. The number of carbonyl (C=O) groups excluding carboxylic acids is 1. The van der Waals surface area contributed by atoms with Crippen molar-refractivity contribution in [2.45, 2.75) is 38.8 Å². The van der Waals surface area contributed by atoms with E-state index in [2.05, 4.69) is 0 Å². The Kier molecular flexibility index (Phi) is 4.98. The Balaban J connectivity index is 2.38. The molecule has 1 aromatic rings. The molecule has 1 amide bonds. The molecule has 0 saturated carbocycles. The van der Waals surface area contributed by atoms with Gasteiger partial charge in [-0.3, -0.25) is 19.7 Å². The van der Waals surface area contributed by atoms with E-state index in [4.69, 9.17) is 5.11 Å². The third kappa shape index (κ3) is 3.60. The minimum absolute atomic E-state index is 0.155. The summed E-state index contributed by atoms with van der Waals surface area (Å²) in [6.07, 6.45) is -5.78. The van der Waals surface area contributed by atoms with Crippen LogP contribution in [-0.2, 0) is 10.2 Å². The molecule has 0 bridgehead atoms. The van der Waals surface area contributed by atoms with Crippen LogP contribution in [0.3, 0.4) is 0 Å². The van der Waals surface area contributed by atoms with Crippen molar-refractivity contribution in [3.8, 4) is 0 Å². The summed E-state index contributed by atoms with van der Waals surface area (Å²) in [5.41, 5.74) is -3.70. The number of hydrogen-bond acceptors (Lipinski definition) is 4. The van der Waals surface area contributed by atoms with Gasteiger partial charge in [-0.15, -0.1) is 0 Å². The van der Waals surface area contributed by atoms with Gasteiger partial charge in [-0.25, -0.2) is 0 Å². The summed E-state index contributed by atoms with van der Waals surface area (Å²) in [6.45, 7) is 3.82. The van der Waals surface area contributed by atoms with Gasteiger partial charge in [-0.05, 0) is 17.9 Å². The van der Waals surface area contributed by atoms with Crippen LogP contribution < -0.4 is 0 Å². The molecule has 1 heterocycles. The number of hydrogen-bond donors (Lipinski definition) is 1. The molecular weight excluding hydrogens is 369 g/mol. The minimum Gasteiger partial charge on any atom is -0.481 e. The summed E-state index contributed by atoms with van der Waals surface area (Å²) in [5.74, 6) is -2.91. The number of benzene rings is 1. The number of amides is 1. The Hall–Kier alpha value is -2.65. The van der Waals surface area contributed by atoms with E-state index < -0.39 is 53.3 Å². The van der Waals surface area contributed by atoms with Crippen molar-refractivity contribution in [2.75, 3.05) is 13.1 Å². The standard InChI is InChI=1S/C17H19F3N2O5/c1-15(2,3)11-5-4-10(8-12(11)22(26)27)13(23)21-7-6-16(9-21,14(24)25)17(18,19)20/h4-5,8H,6-7,9H2,1-3H3,(H,24,25). The molecule has 2 rings (SSSR count). The number of nitrogens with zero attached hydrogens (tertiary/aromatic N) is 2. The fourth-order valence-electron chi connectivity index (χ4n) is 3.14. The lowest BCUT2D eigenvalue weighted by molar-refractivity contribution is -0.386. The quantitative estimate of drug-likeness (QED) is 0.632. The Morgan fingerprint density at radius 1 is 1.26 bits per heavy atom. The van der Waals surface area contributed by atoms with Crippen molar-refractivity contribution in [1.82, 2.24) is 4.90 Å². The topological polar surface area (TPSA) is 101 Å². The number of nitro benzene ring substituents is 1. The van der Waals surface area contributed by atoms with Gasteiger partial charge in [0, 0.05) is 30.3 Å². The molecular formula is C17H19F3N2O5. The van der Waals surface area contributed by atoms with Gasteiger partial charge in [-0.2, -0.15) is 13.2 Å². The van der Waals surface area contributed by atoms with Crippen molar-refractivity contribution >= 4 is 17.6 Å². The van der Waals surface area contributed by atoms with E-state index in [0.717, 1.165) is 11.0 Å². The van der Waals surface area contributed by atoms with E-state index in [9.17, 15) is 32.9 Å². The SMILES string of the molecule is CC(C)(C)c1ccc(C(=O)N2CCC(C(=O)O)(C(F)(F)F)C2)cc1[N+](=O)[O-]. The molecule has 1 saturated heterocycles. The first-order valence-electron chi connectivity index (χ1n) is 8.09. The van der Waals surface area contributed by atoms with Crippen LogP contribution in [0.25, 0.3) is 0 Å². The van der Waals surface area contributed by atoms with E-state index in [-0.39, 0.29) is 11.3 Å². The van der Waals surface area contributed by atoms with Gasteiger partial charge in [0.2, 0.25) is 0 Å². The third-order valence-electron chi connectivity index (χ3n) is 4.76. The van der Waals surface area contributed by atoms with Crippen molar-refractivity contribution in [3.63, 3.8) is 0 Å². The largest absolute Gasteiger partial charge is 0.481 e. The predicted octanol–water partition coefficient (Wildman–Crippen LogP) is 3.37. The third-order valence-corrected chi connectivity index (χ3v) is 4.76. The molecule has 7 nitrogen and oxygen atoms in total. The number of halogens is 3. The maximum atomic E-state index is 13.3. The Morgan fingerprint density at radius 2 is 1.85 bits per heavy atom. The van der Waals surface area contributed by atoms with Crippen molar-refractivity contribution in [1.29, 1.82) is 0 Å². The monoisotopic (exact) mass is 388 g/mol. The number of nitro groups is 1. The van der Waals surface area contributed by atoms with E-state index in [1.165, 1.54) is 12.1 Å². The van der Waals surface area contributed by atoms with Crippen LogP contribution in [0, 0.1) is 15.5 Å². The molecule has 1 aliphatic heterocycles. The van der Waals surface area contributed by atoms with Crippen LogP contribution in [0.5, 0.6) is 0 Å². The van der Waals surface area contributed by atoms with Gasteiger partial charge in [0.15, 0.2) is 5.41 Å². The second-order valence-electron chi connectivity index (χ2n) is 7.60. The van der Waals surface area contributed by atoms with Gasteiger partial charge in [0.25, 0.3) is 11.6 Å². The number of aliphatic carboxylic acids is 1. The summed E-state index contributed by atoms with van der Waals surface area (Å²) >= 11 is 0. The van der Waals surface area contributed by atoms with Crippen LogP contribution in [0.4, 0.5) is 18.9 Å². The lowest BCUT2D eigenvalue weighted by Crippen LogP contribution is -2.47. The van der Waals surface area contributed by atoms with E-state index in [0.29, 0.717) is 5.56 Å². The zero-order valence-corrected chi connectivity index (χ0v) is 15.0. The highest BCUT2D eigenvalue weighted by molar-refractivity contribution is 5.96. The molecule has 1 aromatic carbocycles. The lowest BCUT2D eigenvalue weighted by Gasteiger charge is -2.27. The number of carboxylic acid groups (broad SMARTS) is 1. The molecule has 0 radical (unpaired) electrons. The summed E-state index contributed by atoms with van der Waals surface area (Å²) in [5, 5.41) is 20.4. The lowest BCUT2D eigenvalue weighted by atomic mass is 9.85. The van der Waals surface area contributed by atoms with Gasteiger partial charge in [0.1, 0.15) is 0 Å². The molecule has 148 valence electrons. The number of carbonyl (C=O) groups is 2. The molecule has 1 atom stereocenters. The average molecular weight is 388 g/mol. The van der Waals surface area contributed by atoms with E-state index >= 15 is 0 Å². The molecule has 0 spiro atoms. The van der Waals surface area contributed by atoms with Crippen LogP contribution in [0.2, 0.25) is 0 Å². The first-order chi connectivity index (χ1) is 12.2. The first kappa shape index (κ1) is 20.7. The number of carboxylic acids is 1. The van der Waals surface area contributed by atoms with Crippen LogP contribution in [0.1, 0.15) is 43.1 Å². The van der Waals surface area contributed by atoms with Gasteiger partial charge in [-0.1, -0.05) is 26.8 Å². The normalized spacial score (nSPS) is 20.6. The van der Waals surface area contributed by atoms with Crippen molar-refractivity contribution in [3.05, 3.63) is 39.4 Å². The van der Waals surface area contributed by atoms with Crippen LogP contribution in [0.15, 0.2) is 18.2 Å². The molecule has 1 N–H and O–H groups in total. The Morgan fingerprint density at radius 3 is 2.26 bits per heavy atom.